The standard InChI is InChI=1S/C12H15NO5/c13-8-6-17-12(16)10(9(8)14)18-11(15)7-4-2-1-3-5-7/h1-5,8-10,12,14,16H,6,13H2/t8-,9-,10-,12-/m0/s1. The molecule has 1 aromatic rings. The van der Waals surface area contributed by atoms with Gasteiger partial charge >= 0.3 is 5.97 Å². The van der Waals surface area contributed by atoms with Gasteiger partial charge in [-0.1, -0.05) is 18.2 Å². The van der Waals surface area contributed by atoms with Gasteiger partial charge in [0, 0.05) is 0 Å². The average molecular weight is 253 g/mol. The molecular weight excluding hydrogens is 238 g/mol. The predicted octanol–water partition coefficient (Wildman–Crippen LogP) is -0.751. The number of aliphatic hydroxyl groups is 2. The minimum absolute atomic E-state index is 0.0156. The Kier molecular flexibility index (Phi) is 3.93. The smallest absolute Gasteiger partial charge is 0.338 e. The lowest BCUT2D eigenvalue weighted by molar-refractivity contribution is -0.225. The fraction of sp³-hybridized carbons (Fsp3) is 0.417. The van der Waals surface area contributed by atoms with E-state index in [2.05, 4.69) is 0 Å². The number of carbonyl (C=O) groups is 1. The molecule has 0 saturated carbocycles. The van der Waals surface area contributed by atoms with Crippen molar-refractivity contribution in [3.05, 3.63) is 35.9 Å². The van der Waals surface area contributed by atoms with Crippen molar-refractivity contribution in [2.24, 2.45) is 5.73 Å². The van der Waals surface area contributed by atoms with Gasteiger partial charge in [-0.05, 0) is 12.1 Å². The van der Waals surface area contributed by atoms with E-state index in [9.17, 15) is 15.0 Å². The van der Waals surface area contributed by atoms with Crippen LogP contribution in [-0.4, -0.2) is 47.3 Å². The highest BCUT2D eigenvalue weighted by molar-refractivity contribution is 5.89. The minimum Gasteiger partial charge on any atom is -0.450 e. The fourth-order valence-electron chi connectivity index (χ4n) is 1.71. The Morgan fingerprint density at radius 3 is 2.67 bits per heavy atom. The summed E-state index contributed by atoms with van der Waals surface area (Å²) < 4.78 is 9.93. The molecule has 1 heterocycles. The number of aliphatic hydroxyl groups excluding tert-OH is 2. The van der Waals surface area contributed by atoms with Gasteiger partial charge in [-0.3, -0.25) is 0 Å². The first-order valence-corrected chi connectivity index (χ1v) is 5.59. The fourth-order valence-corrected chi connectivity index (χ4v) is 1.71. The number of nitrogens with two attached hydrogens (primary N) is 1. The number of esters is 1. The molecule has 1 saturated heterocycles. The summed E-state index contributed by atoms with van der Waals surface area (Å²) in [5.74, 6) is -0.642. The van der Waals surface area contributed by atoms with Crippen molar-refractivity contribution in [2.75, 3.05) is 6.61 Å². The molecule has 18 heavy (non-hydrogen) atoms. The van der Waals surface area contributed by atoms with Gasteiger partial charge < -0.3 is 25.4 Å². The van der Waals surface area contributed by atoms with Crippen molar-refractivity contribution in [2.45, 2.75) is 24.5 Å². The highest BCUT2D eigenvalue weighted by atomic mass is 16.7. The summed E-state index contributed by atoms with van der Waals surface area (Å²) in [6, 6.07) is 7.59. The van der Waals surface area contributed by atoms with E-state index >= 15 is 0 Å². The molecule has 4 atom stereocenters. The van der Waals surface area contributed by atoms with Crippen LogP contribution in [0.1, 0.15) is 10.4 Å². The Hall–Kier alpha value is -1.47. The quantitative estimate of drug-likeness (QED) is 0.599. The highest BCUT2D eigenvalue weighted by Gasteiger charge is 2.39. The van der Waals surface area contributed by atoms with Gasteiger partial charge in [-0.2, -0.15) is 0 Å². The van der Waals surface area contributed by atoms with Crippen LogP contribution in [0.2, 0.25) is 0 Å². The number of benzene rings is 1. The van der Waals surface area contributed by atoms with E-state index in [1.165, 1.54) is 0 Å². The van der Waals surface area contributed by atoms with Crippen LogP contribution in [-0.2, 0) is 9.47 Å². The molecule has 0 amide bonds. The van der Waals surface area contributed by atoms with Crippen molar-refractivity contribution >= 4 is 5.97 Å². The monoisotopic (exact) mass is 253 g/mol. The zero-order chi connectivity index (χ0) is 13.1. The van der Waals surface area contributed by atoms with Gasteiger partial charge in [-0.15, -0.1) is 0 Å². The third kappa shape index (κ3) is 2.68. The molecular formula is C12H15NO5. The second kappa shape index (κ2) is 5.45. The van der Waals surface area contributed by atoms with Crippen molar-refractivity contribution < 1.29 is 24.5 Å². The van der Waals surface area contributed by atoms with Crippen LogP contribution in [0.3, 0.4) is 0 Å². The lowest BCUT2D eigenvalue weighted by Gasteiger charge is -2.35. The number of carbonyl (C=O) groups excluding carboxylic acids is 1. The summed E-state index contributed by atoms with van der Waals surface area (Å²) in [7, 11) is 0. The molecule has 0 spiro atoms. The normalized spacial score (nSPS) is 31.9. The van der Waals surface area contributed by atoms with Gasteiger partial charge in [0.05, 0.1) is 18.2 Å². The molecule has 0 radical (unpaired) electrons. The van der Waals surface area contributed by atoms with Gasteiger partial charge in [0.25, 0.3) is 0 Å². The first-order valence-electron chi connectivity index (χ1n) is 5.59. The van der Waals surface area contributed by atoms with E-state index in [1.807, 2.05) is 0 Å². The maximum Gasteiger partial charge on any atom is 0.338 e. The van der Waals surface area contributed by atoms with E-state index in [-0.39, 0.29) is 6.61 Å². The maximum atomic E-state index is 11.8. The Balaban J connectivity index is 2.06. The van der Waals surface area contributed by atoms with Crippen molar-refractivity contribution in [1.29, 1.82) is 0 Å². The first kappa shape index (κ1) is 13.0. The van der Waals surface area contributed by atoms with E-state index in [1.54, 1.807) is 30.3 Å². The molecule has 0 unspecified atom stereocenters. The molecule has 1 fully saturated rings. The third-order valence-corrected chi connectivity index (χ3v) is 2.77. The van der Waals surface area contributed by atoms with Crippen molar-refractivity contribution in [3.63, 3.8) is 0 Å². The van der Waals surface area contributed by atoms with E-state index in [0.717, 1.165) is 0 Å². The Bertz CT molecular complexity index is 410. The molecule has 0 aromatic heterocycles. The maximum absolute atomic E-state index is 11.8. The zero-order valence-electron chi connectivity index (χ0n) is 9.60. The van der Waals surface area contributed by atoms with Crippen LogP contribution in [0.25, 0.3) is 0 Å². The molecule has 0 aliphatic carbocycles. The second-order valence-electron chi connectivity index (χ2n) is 4.11. The van der Waals surface area contributed by atoms with Gasteiger partial charge in [0.15, 0.2) is 12.4 Å². The molecule has 0 bridgehead atoms. The number of hydrogen-bond donors (Lipinski definition) is 3. The summed E-state index contributed by atoms with van der Waals surface area (Å²) in [5.41, 5.74) is 5.90. The molecule has 1 aliphatic heterocycles. The largest absolute Gasteiger partial charge is 0.450 e. The van der Waals surface area contributed by atoms with Crippen LogP contribution in [0, 0.1) is 0 Å². The van der Waals surface area contributed by atoms with Gasteiger partial charge in [-0.25, -0.2) is 4.79 Å². The van der Waals surface area contributed by atoms with Crippen LogP contribution < -0.4 is 5.73 Å². The first-order chi connectivity index (χ1) is 8.59. The molecule has 4 N–H and O–H groups in total. The molecule has 2 rings (SSSR count). The molecule has 6 heteroatoms. The average Bonchev–Trinajstić information content (AvgIpc) is 2.40. The molecule has 6 nitrogen and oxygen atoms in total. The van der Waals surface area contributed by atoms with E-state index in [4.69, 9.17) is 15.2 Å². The molecule has 1 aliphatic rings. The third-order valence-electron chi connectivity index (χ3n) is 2.77. The lowest BCUT2D eigenvalue weighted by atomic mass is 10.0. The summed E-state index contributed by atoms with van der Waals surface area (Å²) in [5, 5.41) is 19.3. The molecule has 98 valence electrons. The summed E-state index contributed by atoms with van der Waals surface area (Å²) in [4.78, 5) is 11.8. The Morgan fingerprint density at radius 1 is 1.33 bits per heavy atom. The molecule has 1 aromatic carbocycles. The van der Waals surface area contributed by atoms with Crippen LogP contribution in [0.4, 0.5) is 0 Å². The number of ether oxygens (including phenoxy) is 2. The number of hydrogen-bond acceptors (Lipinski definition) is 6. The van der Waals surface area contributed by atoms with Gasteiger partial charge in [0.1, 0.15) is 6.10 Å². The zero-order valence-corrected chi connectivity index (χ0v) is 9.60. The van der Waals surface area contributed by atoms with Crippen molar-refractivity contribution in [3.8, 4) is 0 Å². The SMILES string of the molecule is N[C@H]1CO[C@H](O)[C@@H](OC(=O)c2ccccc2)[C@H]1O. The topological polar surface area (TPSA) is 102 Å². The van der Waals surface area contributed by atoms with E-state index in [0.29, 0.717) is 5.56 Å². The van der Waals surface area contributed by atoms with E-state index < -0.39 is 30.5 Å². The van der Waals surface area contributed by atoms with Crippen LogP contribution in [0.15, 0.2) is 30.3 Å². The summed E-state index contributed by atoms with van der Waals surface area (Å²) in [6.07, 6.45) is -3.70. The minimum atomic E-state index is -1.37. The highest BCUT2D eigenvalue weighted by Crippen LogP contribution is 2.17. The Morgan fingerprint density at radius 2 is 2.00 bits per heavy atom. The lowest BCUT2D eigenvalue weighted by Crippen LogP contribution is -2.57. The second-order valence-corrected chi connectivity index (χ2v) is 4.11. The Labute approximate surface area is 104 Å². The summed E-state index contributed by atoms with van der Waals surface area (Å²) in [6.45, 7) is 0.0156. The predicted molar refractivity (Wildman–Crippen MR) is 61.6 cm³/mol. The van der Waals surface area contributed by atoms with Crippen LogP contribution >= 0.6 is 0 Å². The van der Waals surface area contributed by atoms with Crippen molar-refractivity contribution in [1.82, 2.24) is 0 Å². The van der Waals surface area contributed by atoms with Crippen LogP contribution in [0.5, 0.6) is 0 Å². The van der Waals surface area contributed by atoms with Gasteiger partial charge in [0.2, 0.25) is 0 Å². The number of rotatable bonds is 2. The summed E-state index contributed by atoms with van der Waals surface area (Å²) >= 11 is 0.